The lowest BCUT2D eigenvalue weighted by Crippen LogP contribution is -2.54. The number of aryl methyl sites for hydroxylation is 1. The van der Waals surface area contributed by atoms with Crippen LogP contribution in [0, 0.1) is 6.92 Å². The third-order valence-electron chi connectivity index (χ3n) is 6.15. The first kappa shape index (κ1) is 29.7. The van der Waals surface area contributed by atoms with Crippen LogP contribution < -0.4 is 14.4 Å². The molecule has 0 aliphatic rings. The van der Waals surface area contributed by atoms with E-state index in [9.17, 15) is 18.0 Å². The summed E-state index contributed by atoms with van der Waals surface area (Å²) < 4.78 is 34.1. The van der Waals surface area contributed by atoms with Crippen molar-refractivity contribution in [1.82, 2.24) is 10.2 Å². The Hall–Kier alpha value is -3.85. The van der Waals surface area contributed by atoms with E-state index in [1.54, 1.807) is 75.6 Å². The summed E-state index contributed by atoms with van der Waals surface area (Å²) in [7, 11) is -2.55. The van der Waals surface area contributed by atoms with Gasteiger partial charge in [-0.1, -0.05) is 48.5 Å². The first-order chi connectivity index (χ1) is 18.3. The van der Waals surface area contributed by atoms with Crippen LogP contribution in [0.15, 0.2) is 83.8 Å². The van der Waals surface area contributed by atoms with Gasteiger partial charge in [0.2, 0.25) is 11.8 Å². The van der Waals surface area contributed by atoms with Crippen molar-refractivity contribution < 1.29 is 22.7 Å². The number of hydrogen-bond donors (Lipinski definition) is 1. The lowest BCUT2D eigenvalue weighted by Gasteiger charge is -2.33. The second-order valence-corrected chi connectivity index (χ2v) is 12.3. The van der Waals surface area contributed by atoms with Gasteiger partial charge in [-0.2, -0.15) is 0 Å². The molecule has 0 saturated carbocycles. The Morgan fingerprint density at radius 3 is 2.21 bits per heavy atom. The van der Waals surface area contributed by atoms with E-state index in [0.717, 1.165) is 9.87 Å². The summed E-state index contributed by atoms with van der Waals surface area (Å²) in [6.07, 6.45) is 0. The molecule has 3 aromatic carbocycles. The number of carbonyl (C=O) groups is 2. The number of rotatable bonds is 10. The van der Waals surface area contributed by atoms with Gasteiger partial charge < -0.3 is 15.0 Å². The summed E-state index contributed by atoms with van der Waals surface area (Å²) in [5.41, 5.74) is 1.32. The Balaban J connectivity index is 2.05. The third kappa shape index (κ3) is 7.60. The largest absolute Gasteiger partial charge is 0.497 e. The van der Waals surface area contributed by atoms with E-state index in [1.165, 1.54) is 17.0 Å². The van der Waals surface area contributed by atoms with E-state index in [1.807, 2.05) is 32.9 Å². The second kappa shape index (κ2) is 12.3. The molecular formula is C30H37N3O5S. The lowest BCUT2D eigenvalue weighted by molar-refractivity contribution is -0.140. The summed E-state index contributed by atoms with van der Waals surface area (Å²) >= 11 is 0. The SMILES string of the molecule is COc1cccc(CN(C(=O)CN(c2ccccc2C)S(=O)(=O)c2ccccc2)[C@H](C)C(=O)NC(C)(C)C)c1. The van der Waals surface area contributed by atoms with E-state index in [2.05, 4.69) is 5.32 Å². The van der Waals surface area contributed by atoms with Gasteiger partial charge in [0, 0.05) is 12.1 Å². The quantitative estimate of drug-likeness (QED) is 0.399. The summed E-state index contributed by atoms with van der Waals surface area (Å²) in [5, 5.41) is 2.92. The molecule has 0 radical (unpaired) electrons. The Morgan fingerprint density at radius 1 is 0.949 bits per heavy atom. The van der Waals surface area contributed by atoms with Gasteiger partial charge in [0.1, 0.15) is 18.3 Å². The smallest absolute Gasteiger partial charge is 0.264 e. The van der Waals surface area contributed by atoms with E-state index in [0.29, 0.717) is 17.0 Å². The molecule has 3 aromatic rings. The number of benzene rings is 3. The fraction of sp³-hybridized carbons (Fsp3) is 0.333. The minimum Gasteiger partial charge on any atom is -0.497 e. The van der Waals surface area contributed by atoms with Crippen LogP contribution in [-0.4, -0.2) is 50.4 Å². The summed E-state index contributed by atoms with van der Waals surface area (Å²) in [4.78, 5) is 28.7. The number of nitrogens with zero attached hydrogens (tertiary/aromatic N) is 2. The summed E-state index contributed by atoms with van der Waals surface area (Å²) in [5.74, 6) is -0.246. The second-order valence-electron chi connectivity index (χ2n) is 10.4. The van der Waals surface area contributed by atoms with Crippen LogP contribution in [0.1, 0.15) is 38.8 Å². The standard InChI is InChI=1S/C30H37N3O5S/c1-22-13-10-11-18-27(22)33(39(36,37)26-16-8-7-9-17-26)21-28(34)32(23(2)29(35)31-30(3,4)5)20-24-14-12-15-25(19-24)38-6/h7-19,23H,20-21H2,1-6H3,(H,31,35)/t23-/m1/s1. The van der Waals surface area contributed by atoms with Crippen molar-refractivity contribution in [2.45, 2.75) is 57.6 Å². The topological polar surface area (TPSA) is 96.0 Å². The van der Waals surface area contributed by atoms with Crippen LogP contribution in [0.5, 0.6) is 5.75 Å². The van der Waals surface area contributed by atoms with Crippen molar-refractivity contribution in [2.75, 3.05) is 18.0 Å². The molecule has 0 aliphatic heterocycles. The normalized spacial score (nSPS) is 12.4. The number of nitrogens with one attached hydrogen (secondary N) is 1. The molecule has 0 saturated heterocycles. The molecule has 2 amide bonds. The molecule has 1 atom stereocenters. The average Bonchev–Trinajstić information content (AvgIpc) is 2.90. The molecule has 9 heteroatoms. The van der Waals surface area contributed by atoms with Crippen LogP contribution in [0.3, 0.4) is 0 Å². The van der Waals surface area contributed by atoms with Crippen molar-refractivity contribution in [3.05, 3.63) is 90.0 Å². The number of carbonyl (C=O) groups excluding carboxylic acids is 2. The van der Waals surface area contributed by atoms with Crippen LogP contribution in [0.25, 0.3) is 0 Å². The first-order valence-electron chi connectivity index (χ1n) is 12.7. The van der Waals surface area contributed by atoms with Gasteiger partial charge in [0.15, 0.2) is 0 Å². The van der Waals surface area contributed by atoms with Gasteiger partial charge in [-0.25, -0.2) is 8.42 Å². The maximum atomic E-state index is 14.0. The lowest BCUT2D eigenvalue weighted by atomic mass is 10.1. The van der Waals surface area contributed by atoms with Gasteiger partial charge in [-0.3, -0.25) is 13.9 Å². The molecule has 0 spiro atoms. The Bertz CT molecular complexity index is 1400. The number of para-hydroxylation sites is 1. The molecular weight excluding hydrogens is 514 g/mol. The predicted octanol–water partition coefficient (Wildman–Crippen LogP) is 4.53. The number of hydrogen-bond acceptors (Lipinski definition) is 5. The molecule has 3 rings (SSSR count). The highest BCUT2D eigenvalue weighted by atomic mass is 32.2. The number of methoxy groups -OCH3 is 1. The number of anilines is 1. The third-order valence-corrected chi connectivity index (χ3v) is 7.92. The molecule has 208 valence electrons. The van der Waals surface area contributed by atoms with Crippen molar-refractivity contribution >= 4 is 27.5 Å². The highest BCUT2D eigenvalue weighted by Gasteiger charge is 2.33. The van der Waals surface area contributed by atoms with Gasteiger partial charge in [-0.15, -0.1) is 0 Å². The number of ether oxygens (including phenoxy) is 1. The van der Waals surface area contributed by atoms with Crippen molar-refractivity contribution in [1.29, 1.82) is 0 Å². The summed E-state index contributed by atoms with van der Waals surface area (Å²) in [6.45, 7) is 8.61. The molecule has 1 N–H and O–H groups in total. The highest BCUT2D eigenvalue weighted by Crippen LogP contribution is 2.27. The van der Waals surface area contributed by atoms with Crippen LogP contribution in [0.2, 0.25) is 0 Å². The van der Waals surface area contributed by atoms with Crippen molar-refractivity contribution in [2.24, 2.45) is 0 Å². The fourth-order valence-corrected chi connectivity index (χ4v) is 5.60. The Labute approximate surface area is 231 Å². The van der Waals surface area contributed by atoms with Gasteiger partial charge in [0.05, 0.1) is 17.7 Å². The molecule has 8 nitrogen and oxygen atoms in total. The van der Waals surface area contributed by atoms with Crippen molar-refractivity contribution in [3.8, 4) is 5.75 Å². The van der Waals surface area contributed by atoms with Crippen LogP contribution in [-0.2, 0) is 26.2 Å². The fourth-order valence-electron chi connectivity index (χ4n) is 4.10. The van der Waals surface area contributed by atoms with Gasteiger partial charge in [-0.05, 0) is 76.1 Å². The minimum absolute atomic E-state index is 0.0684. The highest BCUT2D eigenvalue weighted by molar-refractivity contribution is 7.92. The van der Waals surface area contributed by atoms with Gasteiger partial charge in [0.25, 0.3) is 10.0 Å². The van der Waals surface area contributed by atoms with E-state index >= 15 is 0 Å². The monoisotopic (exact) mass is 551 g/mol. The zero-order chi connectivity index (χ0) is 28.8. The zero-order valence-electron chi connectivity index (χ0n) is 23.3. The maximum absolute atomic E-state index is 14.0. The molecule has 0 heterocycles. The van der Waals surface area contributed by atoms with Gasteiger partial charge >= 0.3 is 0 Å². The van der Waals surface area contributed by atoms with Crippen LogP contribution in [0.4, 0.5) is 5.69 Å². The number of amides is 2. The number of sulfonamides is 1. The molecule has 0 fully saturated rings. The van der Waals surface area contributed by atoms with Crippen LogP contribution >= 0.6 is 0 Å². The van der Waals surface area contributed by atoms with E-state index in [-0.39, 0.29) is 17.3 Å². The van der Waals surface area contributed by atoms with E-state index < -0.39 is 34.1 Å². The zero-order valence-corrected chi connectivity index (χ0v) is 24.2. The average molecular weight is 552 g/mol. The van der Waals surface area contributed by atoms with Crippen molar-refractivity contribution in [3.63, 3.8) is 0 Å². The molecule has 39 heavy (non-hydrogen) atoms. The maximum Gasteiger partial charge on any atom is 0.264 e. The molecule has 0 aliphatic carbocycles. The first-order valence-corrected chi connectivity index (χ1v) is 14.2. The molecule has 0 unspecified atom stereocenters. The Morgan fingerprint density at radius 2 is 1.59 bits per heavy atom. The molecule has 0 aromatic heterocycles. The van der Waals surface area contributed by atoms with E-state index in [4.69, 9.17) is 4.74 Å². The summed E-state index contributed by atoms with van der Waals surface area (Å²) in [6, 6.07) is 21.3. The Kier molecular flexibility index (Phi) is 9.40. The minimum atomic E-state index is -4.10. The predicted molar refractivity (Wildman–Crippen MR) is 153 cm³/mol. The molecule has 0 bridgehead atoms.